The molecule has 1 fully saturated rings. The van der Waals surface area contributed by atoms with Crippen molar-refractivity contribution in [3.63, 3.8) is 0 Å². The van der Waals surface area contributed by atoms with Crippen molar-refractivity contribution in [1.29, 1.82) is 0 Å². The normalized spacial score (nSPS) is 16.8. The van der Waals surface area contributed by atoms with Gasteiger partial charge in [-0.15, -0.1) is 0 Å². The minimum atomic E-state index is 0.359. The van der Waals surface area contributed by atoms with Crippen molar-refractivity contribution < 1.29 is 0 Å². The number of H-pyrrole nitrogens is 1. The topological polar surface area (TPSA) is 40.7 Å². The Labute approximate surface area is 152 Å². The van der Waals surface area contributed by atoms with Crippen LogP contribution in [0, 0.1) is 0 Å². The van der Waals surface area contributed by atoms with Gasteiger partial charge in [0.25, 0.3) is 0 Å². The van der Waals surface area contributed by atoms with Crippen molar-refractivity contribution in [2.75, 3.05) is 0 Å². The van der Waals surface area contributed by atoms with E-state index in [0.29, 0.717) is 12.1 Å². The molecule has 136 valence electrons. The minimum Gasteiger partial charge on any atom is -0.347 e. The maximum Gasteiger partial charge on any atom is 0.124 e. The van der Waals surface area contributed by atoms with E-state index >= 15 is 0 Å². The molecule has 0 unspecified atom stereocenters. The lowest BCUT2D eigenvalue weighted by molar-refractivity contribution is 0.320. The number of nitrogens with one attached hydrogen (secondary N) is 2. The Morgan fingerprint density at radius 3 is 2.64 bits per heavy atom. The molecule has 1 aliphatic rings. The molecule has 1 heterocycles. The predicted octanol–water partition coefficient (Wildman–Crippen LogP) is 6.01. The average molecular weight is 340 g/mol. The monoisotopic (exact) mass is 339 g/mol. The van der Waals surface area contributed by atoms with Gasteiger partial charge in [-0.2, -0.15) is 0 Å². The number of unbranched alkanes of at least 4 members (excludes halogenated alkanes) is 3. The average Bonchev–Trinajstić information content (AvgIpc) is 3.16. The van der Waals surface area contributed by atoms with Crippen LogP contribution in [0.1, 0.15) is 83.0 Å². The van der Waals surface area contributed by atoms with E-state index in [1.807, 2.05) is 0 Å². The minimum absolute atomic E-state index is 0.359. The van der Waals surface area contributed by atoms with Gasteiger partial charge in [-0.05, 0) is 19.3 Å². The first kappa shape index (κ1) is 18.2. The molecule has 2 N–H and O–H groups in total. The van der Waals surface area contributed by atoms with Gasteiger partial charge in [0, 0.05) is 17.8 Å². The molecule has 0 radical (unpaired) electrons. The predicted molar refractivity (Wildman–Crippen MR) is 106 cm³/mol. The van der Waals surface area contributed by atoms with Gasteiger partial charge in [0.1, 0.15) is 5.82 Å². The Balaban J connectivity index is 1.67. The highest BCUT2D eigenvalue weighted by Gasteiger charge is 2.21. The quantitative estimate of drug-likeness (QED) is 0.549. The van der Waals surface area contributed by atoms with Crippen LogP contribution in [-0.2, 0) is 0 Å². The number of nitrogens with zero attached hydrogens (tertiary/aromatic N) is 1. The number of imidazole rings is 1. The maximum absolute atomic E-state index is 4.93. The van der Waals surface area contributed by atoms with E-state index in [0.717, 1.165) is 11.5 Å². The van der Waals surface area contributed by atoms with E-state index in [9.17, 15) is 0 Å². The van der Waals surface area contributed by atoms with E-state index in [-0.39, 0.29) is 0 Å². The van der Waals surface area contributed by atoms with Crippen molar-refractivity contribution in [3.8, 4) is 11.3 Å². The summed E-state index contributed by atoms with van der Waals surface area (Å²) in [6.45, 7) is 2.27. The molecule has 0 bridgehead atoms. The first-order valence-corrected chi connectivity index (χ1v) is 10.2. The van der Waals surface area contributed by atoms with E-state index in [2.05, 4.69) is 53.8 Å². The molecule has 0 amide bonds. The lowest BCUT2D eigenvalue weighted by Gasteiger charge is -2.27. The molecule has 3 heteroatoms. The van der Waals surface area contributed by atoms with Crippen LogP contribution in [0.2, 0.25) is 0 Å². The Bertz CT molecular complexity index is 599. The van der Waals surface area contributed by atoms with Crippen LogP contribution in [0.25, 0.3) is 11.3 Å². The van der Waals surface area contributed by atoms with E-state index in [1.165, 1.54) is 69.8 Å². The van der Waals surface area contributed by atoms with Crippen LogP contribution >= 0.6 is 0 Å². The highest BCUT2D eigenvalue weighted by molar-refractivity contribution is 5.58. The molecule has 25 heavy (non-hydrogen) atoms. The smallest absolute Gasteiger partial charge is 0.124 e. The largest absolute Gasteiger partial charge is 0.347 e. The number of rotatable bonds is 9. The number of hydrogen-bond acceptors (Lipinski definition) is 2. The van der Waals surface area contributed by atoms with Gasteiger partial charge >= 0.3 is 0 Å². The first-order chi connectivity index (χ1) is 12.4. The fraction of sp³-hybridized carbons (Fsp3) is 0.591. The molecule has 1 atom stereocenters. The molecule has 3 nitrogen and oxygen atoms in total. The fourth-order valence-corrected chi connectivity index (χ4v) is 3.90. The summed E-state index contributed by atoms with van der Waals surface area (Å²) in [6, 6.07) is 11.5. The second-order valence-electron chi connectivity index (χ2n) is 7.44. The lowest BCUT2D eigenvalue weighted by Crippen LogP contribution is -2.35. The first-order valence-electron chi connectivity index (χ1n) is 10.2. The van der Waals surface area contributed by atoms with E-state index in [1.54, 1.807) is 0 Å². The molecular formula is C22H33N3. The van der Waals surface area contributed by atoms with Crippen molar-refractivity contribution >= 4 is 0 Å². The summed E-state index contributed by atoms with van der Waals surface area (Å²) in [7, 11) is 0. The van der Waals surface area contributed by atoms with Gasteiger partial charge in [-0.25, -0.2) is 4.98 Å². The summed E-state index contributed by atoms with van der Waals surface area (Å²) in [5.41, 5.74) is 2.24. The highest BCUT2D eigenvalue weighted by Crippen LogP contribution is 2.26. The lowest BCUT2D eigenvalue weighted by atomic mass is 9.94. The summed E-state index contributed by atoms with van der Waals surface area (Å²) in [6.07, 6.45) is 15.2. The van der Waals surface area contributed by atoms with Crippen molar-refractivity contribution in [3.05, 3.63) is 42.4 Å². The van der Waals surface area contributed by atoms with Crippen molar-refractivity contribution in [2.24, 2.45) is 0 Å². The van der Waals surface area contributed by atoms with Gasteiger partial charge in [-0.3, -0.25) is 0 Å². The van der Waals surface area contributed by atoms with Crippen LogP contribution < -0.4 is 5.32 Å². The molecule has 1 aromatic carbocycles. The molecule has 2 aromatic rings. The zero-order valence-corrected chi connectivity index (χ0v) is 15.6. The van der Waals surface area contributed by atoms with Crippen molar-refractivity contribution in [1.82, 2.24) is 15.3 Å². The molecule has 1 aromatic heterocycles. The second-order valence-corrected chi connectivity index (χ2v) is 7.44. The van der Waals surface area contributed by atoms with Gasteiger partial charge in [-0.1, -0.05) is 82.2 Å². The molecule has 1 aliphatic carbocycles. The number of hydrogen-bond donors (Lipinski definition) is 2. The van der Waals surface area contributed by atoms with Gasteiger partial charge in [0.05, 0.1) is 11.7 Å². The molecule has 0 aliphatic heterocycles. The Morgan fingerprint density at radius 2 is 1.88 bits per heavy atom. The Morgan fingerprint density at radius 1 is 1.08 bits per heavy atom. The van der Waals surface area contributed by atoms with E-state index < -0.39 is 0 Å². The van der Waals surface area contributed by atoms with Gasteiger partial charge in [0.15, 0.2) is 0 Å². The Kier molecular flexibility index (Phi) is 7.10. The summed E-state index contributed by atoms with van der Waals surface area (Å²) in [5, 5.41) is 3.92. The molecule has 3 rings (SSSR count). The summed E-state index contributed by atoms with van der Waals surface area (Å²) in [4.78, 5) is 8.39. The molecular weight excluding hydrogens is 306 g/mol. The standard InChI is InChI=1S/C22H33N3/c1-2-3-4-11-16-20(24-19-14-9-6-10-15-19)22-23-17-21(25-22)18-12-7-5-8-13-18/h5,7-8,12-13,17,19-20,24H,2-4,6,9-11,14-16H2,1H3,(H,23,25)/t20-/m0/s1. The zero-order chi connectivity index (χ0) is 17.3. The molecule has 1 saturated carbocycles. The van der Waals surface area contributed by atoms with Crippen LogP contribution in [0.5, 0.6) is 0 Å². The number of aromatic amines is 1. The van der Waals surface area contributed by atoms with E-state index in [4.69, 9.17) is 4.98 Å². The summed E-state index contributed by atoms with van der Waals surface area (Å²) >= 11 is 0. The third kappa shape index (κ3) is 5.43. The van der Waals surface area contributed by atoms with Crippen LogP contribution in [0.3, 0.4) is 0 Å². The SMILES string of the molecule is CCCCCC[C@H](NC1CCCCC1)c1nc(-c2ccccc2)c[nH]1. The maximum atomic E-state index is 4.93. The van der Waals surface area contributed by atoms with Gasteiger partial charge < -0.3 is 10.3 Å². The van der Waals surface area contributed by atoms with Crippen LogP contribution in [0.15, 0.2) is 36.5 Å². The second kappa shape index (κ2) is 9.76. The number of aromatic nitrogens is 2. The number of benzene rings is 1. The third-order valence-electron chi connectivity index (χ3n) is 5.39. The van der Waals surface area contributed by atoms with Crippen molar-refractivity contribution in [2.45, 2.75) is 83.2 Å². The van der Waals surface area contributed by atoms with Crippen LogP contribution in [-0.4, -0.2) is 16.0 Å². The third-order valence-corrected chi connectivity index (χ3v) is 5.39. The summed E-state index contributed by atoms with van der Waals surface area (Å²) < 4.78 is 0. The summed E-state index contributed by atoms with van der Waals surface area (Å²) in [5.74, 6) is 1.11. The molecule has 0 saturated heterocycles. The molecule has 0 spiro atoms. The highest BCUT2D eigenvalue weighted by atomic mass is 15.0. The van der Waals surface area contributed by atoms with Gasteiger partial charge in [0.2, 0.25) is 0 Å². The van der Waals surface area contributed by atoms with Crippen LogP contribution in [0.4, 0.5) is 0 Å². The zero-order valence-electron chi connectivity index (χ0n) is 15.6. The fourth-order valence-electron chi connectivity index (χ4n) is 3.90. The Hall–Kier alpha value is -1.61.